The molecule has 1 heterocycles. The minimum absolute atomic E-state index is 0.0448. The van der Waals surface area contributed by atoms with E-state index in [4.69, 9.17) is 0 Å². The van der Waals surface area contributed by atoms with Gasteiger partial charge in [-0.15, -0.1) is 0 Å². The highest BCUT2D eigenvalue weighted by molar-refractivity contribution is 7.89. The minimum atomic E-state index is -3.63. The molecule has 3 aromatic carbocycles. The van der Waals surface area contributed by atoms with Crippen molar-refractivity contribution in [2.75, 3.05) is 26.2 Å². The number of fused-ring (bicyclic) bond motifs is 1. The number of sulfonamides is 1. The van der Waals surface area contributed by atoms with E-state index >= 15 is 0 Å². The van der Waals surface area contributed by atoms with Gasteiger partial charge in [0, 0.05) is 37.8 Å². The molecule has 0 radical (unpaired) electrons. The lowest BCUT2D eigenvalue weighted by Gasteiger charge is -2.40. The van der Waals surface area contributed by atoms with E-state index in [2.05, 4.69) is 21.8 Å². The number of amides is 1. The van der Waals surface area contributed by atoms with E-state index in [1.54, 1.807) is 24.3 Å². The Morgan fingerprint density at radius 3 is 2.09 bits per heavy atom. The lowest BCUT2D eigenvalue weighted by molar-refractivity contribution is 0.0545. The van der Waals surface area contributed by atoms with Crippen LogP contribution in [0.4, 0.5) is 0 Å². The van der Waals surface area contributed by atoms with Crippen LogP contribution in [0.15, 0.2) is 89.8 Å². The maximum Gasteiger partial charge on any atom is 0.253 e. The molecular weight excluding hydrogens is 434 g/mol. The van der Waals surface area contributed by atoms with Crippen molar-refractivity contribution in [3.63, 3.8) is 0 Å². The molecule has 5 rings (SSSR count). The van der Waals surface area contributed by atoms with Crippen molar-refractivity contribution in [3.8, 4) is 0 Å². The molecule has 1 aliphatic heterocycles. The lowest BCUT2D eigenvalue weighted by Crippen LogP contribution is -2.53. The Morgan fingerprint density at radius 2 is 1.39 bits per heavy atom. The van der Waals surface area contributed by atoms with Gasteiger partial charge in [-0.25, -0.2) is 13.1 Å². The number of piperazine rings is 1. The summed E-state index contributed by atoms with van der Waals surface area (Å²) in [5.41, 5.74) is 3.04. The van der Waals surface area contributed by atoms with Crippen LogP contribution in [0.5, 0.6) is 0 Å². The Kier molecular flexibility index (Phi) is 6.01. The fraction of sp³-hybridized carbons (Fsp3) is 0.269. The highest BCUT2D eigenvalue weighted by atomic mass is 32.2. The highest BCUT2D eigenvalue weighted by Crippen LogP contribution is 2.37. The van der Waals surface area contributed by atoms with E-state index in [1.165, 1.54) is 11.1 Å². The second kappa shape index (κ2) is 9.09. The van der Waals surface area contributed by atoms with Gasteiger partial charge >= 0.3 is 0 Å². The number of nitrogens with zero attached hydrogens (tertiary/aromatic N) is 2. The third-order valence-electron chi connectivity index (χ3n) is 6.57. The monoisotopic (exact) mass is 461 g/mol. The molecule has 2 atom stereocenters. The summed E-state index contributed by atoms with van der Waals surface area (Å²) in [5, 5.41) is 0. The molecule has 0 bridgehead atoms. The van der Waals surface area contributed by atoms with Gasteiger partial charge in [0.1, 0.15) is 0 Å². The molecule has 1 N–H and O–H groups in total. The Balaban J connectivity index is 1.34. The fourth-order valence-corrected chi connectivity index (χ4v) is 6.23. The quantitative estimate of drug-likeness (QED) is 0.634. The molecule has 6 nitrogen and oxygen atoms in total. The van der Waals surface area contributed by atoms with Crippen LogP contribution >= 0.6 is 0 Å². The Hall–Kier alpha value is -3.00. The molecule has 33 heavy (non-hydrogen) atoms. The van der Waals surface area contributed by atoms with Crippen molar-refractivity contribution < 1.29 is 13.2 Å². The average Bonchev–Trinajstić information content (AvgIpc) is 3.22. The third-order valence-corrected chi connectivity index (χ3v) is 8.08. The molecule has 1 aliphatic carbocycles. The molecule has 0 saturated carbocycles. The number of carbonyl (C=O) groups excluding carboxylic acids is 1. The molecule has 2 aliphatic rings. The molecule has 170 valence electrons. The zero-order valence-corrected chi connectivity index (χ0v) is 19.1. The van der Waals surface area contributed by atoms with Gasteiger partial charge in [-0.3, -0.25) is 9.69 Å². The minimum Gasteiger partial charge on any atom is -0.336 e. The molecular formula is C26H27N3O3S. The largest absolute Gasteiger partial charge is 0.336 e. The van der Waals surface area contributed by atoms with E-state index in [9.17, 15) is 13.2 Å². The molecule has 1 amide bonds. The van der Waals surface area contributed by atoms with Gasteiger partial charge in [-0.2, -0.15) is 0 Å². The van der Waals surface area contributed by atoms with Crippen LogP contribution in [0.25, 0.3) is 0 Å². The SMILES string of the molecule is O=C(c1ccccc1)N1CCN(C2c3ccccc3CC2NS(=O)(=O)c2ccccc2)CC1. The van der Waals surface area contributed by atoms with Crippen LogP contribution in [0.3, 0.4) is 0 Å². The number of hydrogen-bond acceptors (Lipinski definition) is 4. The van der Waals surface area contributed by atoms with Crippen molar-refractivity contribution in [2.24, 2.45) is 0 Å². The zero-order chi connectivity index (χ0) is 22.8. The van der Waals surface area contributed by atoms with Crippen LogP contribution in [-0.2, 0) is 16.4 Å². The average molecular weight is 462 g/mol. The summed E-state index contributed by atoms with van der Waals surface area (Å²) in [6.45, 7) is 2.62. The standard InChI is InChI=1S/C26H27N3O3S/c30-26(20-9-3-1-4-10-20)29-17-15-28(16-18-29)25-23-14-8-7-11-21(23)19-24(25)27-33(31,32)22-12-5-2-6-13-22/h1-14,24-25,27H,15-19H2. The topological polar surface area (TPSA) is 69.7 Å². The number of hydrogen-bond donors (Lipinski definition) is 1. The number of carbonyl (C=O) groups is 1. The molecule has 0 spiro atoms. The molecule has 7 heteroatoms. The molecule has 1 fully saturated rings. The van der Waals surface area contributed by atoms with Gasteiger partial charge < -0.3 is 4.90 Å². The first-order chi connectivity index (χ1) is 16.0. The summed E-state index contributed by atoms with van der Waals surface area (Å²) in [4.78, 5) is 17.3. The van der Waals surface area contributed by atoms with Gasteiger partial charge in [-0.05, 0) is 41.8 Å². The van der Waals surface area contributed by atoms with Crippen LogP contribution in [0.1, 0.15) is 27.5 Å². The van der Waals surface area contributed by atoms with E-state index in [0.717, 1.165) is 0 Å². The summed E-state index contributed by atoms with van der Waals surface area (Å²) in [7, 11) is -3.63. The zero-order valence-electron chi connectivity index (χ0n) is 18.3. The van der Waals surface area contributed by atoms with Gasteiger partial charge in [0.15, 0.2) is 0 Å². The van der Waals surface area contributed by atoms with Crippen molar-refractivity contribution in [2.45, 2.75) is 23.4 Å². The first kappa shape index (κ1) is 21.8. The summed E-state index contributed by atoms with van der Waals surface area (Å²) < 4.78 is 29.1. The molecule has 0 aromatic heterocycles. The van der Waals surface area contributed by atoms with E-state index in [1.807, 2.05) is 53.4 Å². The Morgan fingerprint density at radius 1 is 0.788 bits per heavy atom. The lowest BCUT2D eigenvalue weighted by atomic mass is 10.0. The van der Waals surface area contributed by atoms with Gasteiger partial charge in [0.05, 0.1) is 10.9 Å². The smallest absolute Gasteiger partial charge is 0.253 e. The van der Waals surface area contributed by atoms with Gasteiger partial charge in [0.25, 0.3) is 5.91 Å². The Labute approximate surface area is 194 Å². The van der Waals surface area contributed by atoms with Crippen molar-refractivity contribution in [3.05, 3.63) is 102 Å². The number of benzene rings is 3. The second-order valence-corrected chi connectivity index (χ2v) is 10.3. The molecule has 2 unspecified atom stereocenters. The molecule has 1 saturated heterocycles. The first-order valence-corrected chi connectivity index (χ1v) is 12.7. The van der Waals surface area contributed by atoms with Crippen molar-refractivity contribution >= 4 is 15.9 Å². The number of nitrogens with one attached hydrogen (secondary N) is 1. The third kappa shape index (κ3) is 4.44. The van der Waals surface area contributed by atoms with E-state index < -0.39 is 10.0 Å². The fourth-order valence-electron chi connectivity index (χ4n) is 4.96. The number of rotatable bonds is 5. The second-order valence-electron chi connectivity index (χ2n) is 8.58. The highest BCUT2D eigenvalue weighted by Gasteiger charge is 2.40. The van der Waals surface area contributed by atoms with Crippen molar-refractivity contribution in [1.29, 1.82) is 0 Å². The van der Waals surface area contributed by atoms with Gasteiger partial charge in [-0.1, -0.05) is 60.7 Å². The summed E-state index contributed by atoms with van der Waals surface area (Å²) >= 11 is 0. The maximum atomic E-state index is 13.1. The predicted octanol–water partition coefficient (Wildman–Crippen LogP) is 3.09. The summed E-state index contributed by atoms with van der Waals surface area (Å²) in [6.07, 6.45) is 0.649. The van der Waals surface area contributed by atoms with E-state index in [-0.39, 0.29) is 22.9 Å². The molecule has 3 aromatic rings. The maximum absolute atomic E-state index is 13.1. The predicted molar refractivity (Wildman–Crippen MR) is 127 cm³/mol. The van der Waals surface area contributed by atoms with Crippen LogP contribution < -0.4 is 4.72 Å². The summed E-state index contributed by atoms with van der Waals surface area (Å²) in [5.74, 6) is 0.0448. The van der Waals surface area contributed by atoms with Crippen LogP contribution in [0.2, 0.25) is 0 Å². The van der Waals surface area contributed by atoms with Gasteiger partial charge in [0.2, 0.25) is 10.0 Å². The van der Waals surface area contributed by atoms with Crippen LogP contribution in [0, 0.1) is 0 Å². The normalized spacial score (nSPS) is 21.0. The summed E-state index contributed by atoms with van der Waals surface area (Å²) in [6, 6.07) is 25.7. The first-order valence-electron chi connectivity index (χ1n) is 11.3. The van der Waals surface area contributed by atoms with Crippen molar-refractivity contribution in [1.82, 2.24) is 14.5 Å². The Bertz CT molecular complexity index is 1220. The van der Waals surface area contributed by atoms with Crippen LogP contribution in [-0.4, -0.2) is 56.3 Å². The van der Waals surface area contributed by atoms with E-state index in [0.29, 0.717) is 38.2 Å².